The second-order valence-electron chi connectivity index (χ2n) is 38.2. The van der Waals surface area contributed by atoms with E-state index in [1.807, 2.05) is 0 Å². The average Bonchev–Trinajstić information content (AvgIpc) is 1.61. The normalized spacial score (nSPS) is 12.8. The van der Waals surface area contributed by atoms with Gasteiger partial charge < -0.3 is 48.0 Å². The number of fused-ring (bicyclic) bond motifs is 20. The van der Waals surface area contributed by atoms with Crippen LogP contribution in [0.4, 0.5) is 136 Å². The molecule has 30 rings (SSSR count). The molecule has 12 heteroatoms. The summed E-state index contributed by atoms with van der Waals surface area (Å²) in [6.45, 7) is -0.480. The highest BCUT2D eigenvalue weighted by Crippen LogP contribution is 2.57. The smallest absolute Gasteiger partial charge is 0.252 e. The monoisotopic (exact) mass is 1830 g/mol. The Bertz CT molecular complexity index is 9440. The van der Waals surface area contributed by atoms with Gasteiger partial charge in [-0.1, -0.05) is 297 Å². The Labute approximate surface area is 833 Å². The van der Waals surface area contributed by atoms with Gasteiger partial charge in [0.1, 0.15) is 0 Å². The van der Waals surface area contributed by atoms with Crippen molar-refractivity contribution >= 4 is 259 Å². The molecule has 0 aliphatic carbocycles. The van der Waals surface area contributed by atoms with Gasteiger partial charge in [-0.15, -0.1) is 0 Å². The summed E-state index contributed by atoms with van der Waals surface area (Å²) < 4.78 is 5.11. The van der Waals surface area contributed by atoms with Crippen molar-refractivity contribution in [2.75, 3.05) is 39.2 Å². The average molecular weight is 1830 g/mol. The van der Waals surface area contributed by atoms with E-state index in [4.69, 9.17) is 0 Å². The molecule has 0 saturated heterocycles. The molecule has 0 unspecified atom stereocenters. The van der Waals surface area contributed by atoms with Crippen LogP contribution in [-0.4, -0.2) is 22.2 Å². The number of para-hydroxylation sites is 14. The summed E-state index contributed by atoms with van der Waals surface area (Å²) in [5.41, 5.74) is 42.7. The topological polar surface area (TPSA) is 34.7 Å². The lowest BCUT2D eigenvalue weighted by atomic mass is 9.30. The van der Waals surface area contributed by atoms with E-state index in [2.05, 4.69) is 570 Å². The Kier molecular flexibility index (Phi) is 18.2. The molecule has 0 fully saturated rings. The third kappa shape index (κ3) is 12.2. The molecule has 0 radical (unpaired) electrons. The first kappa shape index (κ1) is 81.0. The third-order valence-electron chi connectivity index (χ3n) is 30.5. The zero-order valence-corrected chi connectivity index (χ0v) is 78.3. The second kappa shape index (κ2) is 32.3. The van der Waals surface area contributed by atoms with Gasteiger partial charge in [0.05, 0.1) is 55.8 Å². The van der Waals surface area contributed by atoms with Gasteiger partial charge in [0.25, 0.3) is 13.4 Å². The predicted octanol–water partition coefficient (Wildman–Crippen LogP) is 31.7. The zero-order chi connectivity index (χ0) is 94.3. The molecule has 0 atom stereocenters. The third-order valence-corrected chi connectivity index (χ3v) is 30.5. The van der Waals surface area contributed by atoms with Gasteiger partial charge in [-0.05, 0) is 268 Å². The van der Waals surface area contributed by atoms with Crippen molar-refractivity contribution in [3.8, 4) is 11.1 Å². The molecule has 0 spiro atoms. The molecule has 8 heterocycles. The van der Waals surface area contributed by atoms with E-state index in [1.54, 1.807) is 0 Å². The van der Waals surface area contributed by atoms with E-state index in [1.165, 1.54) is 109 Å². The van der Waals surface area contributed by atoms with Crippen LogP contribution in [0.1, 0.15) is 0 Å². The van der Waals surface area contributed by atoms with Crippen LogP contribution in [0, 0.1) is 0 Å². The standard InChI is InChI=1S/C132H86B2N10/c1-11-41-89(42-12-1)135(90-43-13-2-14-44-90)101-79-123-129-124(80-101)140(97-57-27-9-28-58-97)121-86-122-112(85-111(121)133(129)109-64-33-37-68-115(109)139(123)96-55-25-8-26-56-96)134-110-65-34-38-69-116(110)142(126-82-102(81-125(130(126)134)141(122)98-59-29-10-30-60-98)136(91-45-15-3-16-46-91)92-47-17-4-18-48-92)100-61-39-40-88(78-100)87-70-72-99(73-71-87)138(95-53-23-7-24-54-95)118-77-75-104-108-84-119-107(83-120(108)144-114-67-36-32-63-106(114)128(118)132(104)144)103-74-76-117(127-105-62-31-35-66-113(105)143(119)131(103)127)137(93-49-19-5-20-50-93)94-51-21-6-22-52-94/h1-86H. The maximum Gasteiger partial charge on any atom is 0.252 e. The van der Waals surface area contributed by atoms with Gasteiger partial charge in [0.15, 0.2) is 0 Å². The Hall–Kier alpha value is -19.0. The van der Waals surface area contributed by atoms with Crippen LogP contribution in [0.2, 0.25) is 0 Å². The zero-order valence-electron chi connectivity index (χ0n) is 78.3. The summed E-state index contributed by atoms with van der Waals surface area (Å²) in [7, 11) is 0. The SMILES string of the molecule is c1ccc(N(c2ccccc2)c2cc3c4c(c2)N(c2ccccc2)c2cc5c(cc2B4c2ccccc2N3c2ccccc2)B2c3ccccc3N(c3cccc(-c4ccc(N(c6ccccc6)c6ccc7c8cc9c(cc8n8c%10ccccc%10c6c78)c6ccc(N(c7ccccc7)c7ccccc7)c7c8ccccc8n9c67)cc4)c3)c3cc(N(c4ccccc4)c4ccccc4)cc(c32)N5c2ccccc2)cc1. The molecule has 26 aromatic rings. The van der Waals surface area contributed by atoms with Crippen molar-refractivity contribution in [3.63, 3.8) is 0 Å². The molecule has 0 bridgehead atoms. The number of anilines is 24. The Balaban J connectivity index is 0.590. The van der Waals surface area contributed by atoms with Gasteiger partial charge in [0.2, 0.25) is 0 Å². The summed E-state index contributed by atoms with van der Waals surface area (Å²) in [5, 5.41) is 9.76. The highest BCUT2D eigenvalue weighted by Gasteiger charge is 2.50. The Morgan fingerprint density at radius 1 is 0.160 bits per heavy atom. The summed E-state index contributed by atoms with van der Waals surface area (Å²) in [6, 6.07) is 194. The molecule has 4 aliphatic heterocycles. The van der Waals surface area contributed by atoms with Gasteiger partial charge in [0, 0.05) is 157 Å². The number of benzene rings is 22. The maximum atomic E-state index is 2.65. The molecule has 670 valence electrons. The van der Waals surface area contributed by atoms with Crippen molar-refractivity contribution in [2.24, 2.45) is 0 Å². The Morgan fingerprint density at radius 2 is 0.465 bits per heavy atom. The highest BCUT2D eigenvalue weighted by atomic mass is 15.2. The van der Waals surface area contributed by atoms with E-state index in [0.717, 1.165) is 148 Å². The van der Waals surface area contributed by atoms with Crippen LogP contribution < -0.4 is 72.0 Å². The number of aromatic nitrogens is 2. The first-order valence-electron chi connectivity index (χ1n) is 49.7. The summed E-state index contributed by atoms with van der Waals surface area (Å²) in [4.78, 5) is 20.1. The number of hydrogen-bond acceptors (Lipinski definition) is 8. The van der Waals surface area contributed by atoms with Crippen LogP contribution in [0.3, 0.4) is 0 Å². The molecule has 0 N–H and O–H groups in total. The van der Waals surface area contributed by atoms with Gasteiger partial charge in [-0.2, -0.15) is 0 Å². The molecule has 4 aliphatic rings. The minimum Gasteiger partial charge on any atom is -0.311 e. The van der Waals surface area contributed by atoms with E-state index in [9.17, 15) is 0 Å². The van der Waals surface area contributed by atoms with Gasteiger partial charge in [-0.3, -0.25) is 0 Å². The van der Waals surface area contributed by atoms with Crippen molar-refractivity contribution in [1.29, 1.82) is 0 Å². The van der Waals surface area contributed by atoms with E-state index < -0.39 is 0 Å². The molecule has 144 heavy (non-hydrogen) atoms. The molecule has 10 nitrogen and oxygen atoms in total. The summed E-state index contributed by atoms with van der Waals surface area (Å²) in [5.74, 6) is 0. The van der Waals surface area contributed by atoms with Crippen LogP contribution in [0.5, 0.6) is 0 Å². The van der Waals surface area contributed by atoms with Gasteiger partial charge in [-0.25, -0.2) is 0 Å². The Morgan fingerprint density at radius 3 is 0.840 bits per heavy atom. The molecule has 4 aromatic heterocycles. The van der Waals surface area contributed by atoms with Crippen LogP contribution in [0.15, 0.2) is 522 Å². The number of nitrogens with zero attached hydrogens (tertiary/aromatic N) is 10. The molecular weight excluding hydrogens is 1750 g/mol. The van der Waals surface area contributed by atoms with Crippen molar-refractivity contribution in [3.05, 3.63) is 522 Å². The first-order chi connectivity index (χ1) is 71.5. The quantitative estimate of drug-likeness (QED) is 0.0835. The number of rotatable bonds is 17. The van der Waals surface area contributed by atoms with Crippen LogP contribution in [-0.2, 0) is 0 Å². The van der Waals surface area contributed by atoms with Crippen LogP contribution in [0.25, 0.3) is 87.3 Å². The minimum atomic E-state index is -0.262. The molecule has 22 aromatic carbocycles. The largest absolute Gasteiger partial charge is 0.311 e. The lowest BCUT2D eigenvalue weighted by molar-refractivity contribution is 1.21. The summed E-state index contributed by atoms with van der Waals surface area (Å²) >= 11 is 0. The van der Waals surface area contributed by atoms with Gasteiger partial charge >= 0.3 is 0 Å². The first-order valence-corrected chi connectivity index (χ1v) is 49.7. The molecule has 0 amide bonds. The predicted molar refractivity (Wildman–Crippen MR) is 608 cm³/mol. The lowest BCUT2D eigenvalue weighted by Gasteiger charge is -2.48. The van der Waals surface area contributed by atoms with Crippen molar-refractivity contribution < 1.29 is 0 Å². The minimum absolute atomic E-state index is 0.218. The molecular formula is C132H86B2N10. The summed E-state index contributed by atoms with van der Waals surface area (Å²) in [6.07, 6.45) is 0. The maximum absolute atomic E-state index is 2.65. The fourth-order valence-electron chi connectivity index (χ4n) is 24.7. The lowest BCUT2D eigenvalue weighted by Crippen LogP contribution is -2.65. The van der Waals surface area contributed by atoms with Crippen LogP contribution >= 0.6 is 0 Å². The highest BCUT2D eigenvalue weighted by molar-refractivity contribution is 7.03. The van der Waals surface area contributed by atoms with Crippen molar-refractivity contribution in [1.82, 2.24) is 8.80 Å². The van der Waals surface area contributed by atoms with E-state index in [0.29, 0.717) is 0 Å². The second-order valence-corrected chi connectivity index (χ2v) is 38.2. The fourth-order valence-corrected chi connectivity index (χ4v) is 24.7. The van der Waals surface area contributed by atoms with E-state index in [-0.39, 0.29) is 13.4 Å². The molecule has 0 saturated carbocycles. The fraction of sp³-hybridized carbons (Fsp3) is 0. The van der Waals surface area contributed by atoms with Crippen molar-refractivity contribution in [2.45, 2.75) is 0 Å². The van der Waals surface area contributed by atoms with E-state index >= 15 is 0 Å². The number of hydrogen-bond donors (Lipinski definition) is 0.